The number of rotatable bonds is 6. The molecule has 2 heterocycles. The van der Waals surface area contributed by atoms with Gasteiger partial charge in [-0.05, 0) is 37.0 Å². The Morgan fingerprint density at radius 2 is 1.89 bits per heavy atom. The molecule has 0 spiro atoms. The summed E-state index contributed by atoms with van der Waals surface area (Å²) < 4.78 is 10.6. The average molecular weight is 402 g/mol. The number of amides is 1. The highest BCUT2D eigenvalue weighted by molar-refractivity contribution is 7.11. The predicted octanol–water partition coefficient (Wildman–Crippen LogP) is 2.54. The number of thiazole rings is 1. The lowest BCUT2D eigenvalue weighted by Crippen LogP contribution is -2.48. The molecule has 0 bridgehead atoms. The maximum absolute atomic E-state index is 12.7. The molecule has 1 amide bonds. The number of ether oxygens (including phenoxy) is 2. The monoisotopic (exact) mass is 401 g/mol. The quantitative estimate of drug-likeness (QED) is 0.745. The first kappa shape index (κ1) is 19.2. The topological polar surface area (TPSA) is 54.9 Å². The van der Waals surface area contributed by atoms with Crippen LogP contribution in [0.3, 0.4) is 0 Å². The van der Waals surface area contributed by atoms with Gasteiger partial charge in [-0.15, -0.1) is 11.3 Å². The highest BCUT2D eigenvalue weighted by atomic mass is 32.1. The zero-order chi connectivity index (χ0) is 19.5. The van der Waals surface area contributed by atoms with E-state index in [2.05, 4.69) is 4.90 Å². The number of methoxy groups -OCH3 is 2. The minimum absolute atomic E-state index is 0.167. The van der Waals surface area contributed by atoms with Gasteiger partial charge in [0.1, 0.15) is 5.01 Å². The molecule has 28 heavy (non-hydrogen) atoms. The van der Waals surface area contributed by atoms with Gasteiger partial charge in [0.25, 0.3) is 0 Å². The molecule has 7 heteroatoms. The normalized spacial score (nSPS) is 16.9. The number of aryl methyl sites for hydroxylation is 2. The minimum atomic E-state index is 0.167. The number of nitrogens with zero attached hydrogens (tertiary/aromatic N) is 3. The molecule has 0 unspecified atom stereocenters. The summed E-state index contributed by atoms with van der Waals surface area (Å²) in [6.45, 7) is 4.27. The second-order valence-electron chi connectivity index (χ2n) is 7.35. The second kappa shape index (κ2) is 8.49. The molecule has 0 N–H and O–H groups in total. The zero-order valence-electron chi connectivity index (χ0n) is 16.6. The standard InChI is InChI=1S/C21H27N3O3S/c1-26-17-7-6-15(12-18(17)27-2)13-21(25)24-10-8-23(9-11-24)14-20-22-16-4-3-5-19(16)28-20/h6-7,12H,3-5,8-11,13-14H2,1-2H3. The van der Waals surface area contributed by atoms with Crippen molar-refractivity contribution in [3.8, 4) is 11.5 Å². The van der Waals surface area contributed by atoms with E-state index >= 15 is 0 Å². The Balaban J connectivity index is 1.29. The lowest BCUT2D eigenvalue weighted by molar-refractivity contribution is -0.132. The zero-order valence-corrected chi connectivity index (χ0v) is 17.4. The third kappa shape index (κ3) is 4.15. The van der Waals surface area contributed by atoms with Gasteiger partial charge < -0.3 is 14.4 Å². The van der Waals surface area contributed by atoms with Gasteiger partial charge in [0.05, 0.1) is 32.9 Å². The maximum atomic E-state index is 12.7. The number of piperazine rings is 1. The number of hydrogen-bond acceptors (Lipinski definition) is 6. The van der Waals surface area contributed by atoms with Crippen molar-refractivity contribution in [3.05, 3.63) is 39.3 Å². The number of hydrogen-bond donors (Lipinski definition) is 0. The van der Waals surface area contributed by atoms with Gasteiger partial charge >= 0.3 is 0 Å². The molecular formula is C21H27N3O3S. The van der Waals surface area contributed by atoms with Crippen molar-refractivity contribution < 1.29 is 14.3 Å². The van der Waals surface area contributed by atoms with E-state index in [0.29, 0.717) is 17.9 Å². The molecular weight excluding hydrogens is 374 g/mol. The Bertz CT molecular complexity index is 822. The number of fused-ring (bicyclic) bond motifs is 1. The van der Waals surface area contributed by atoms with E-state index in [9.17, 15) is 4.79 Å². The Kier molecular flexibility index (Phi) is 5.82. The highest BCUT2D eigenvalue weighted by Gasteiger charge is 2.23. The van der Waals surface area contributed by atoms with E-state index in [-0.39, 0.29) is 5.91 Å². The van der Waals surface area contributed by atoms with Gasteiger partial charge in [-0.3, -0.25) is 9.69 Å². The molecule has 1 aromatic heterocycles. The first-order valence-corrected chi connectivity index (χ1v) is 10.7. The fourth-order valence-electron chi connectivity index (χ4n) is 3.94. The van der Waals surface area contributed by atoms with Crippen molar-refractivity contribution in [2.45, 2.75) is 32.2 Å². The first-order chi connectivity index (χ1) is 13.7. The Morgan fingerprint density at radius 3 is 2.61 bits per heavy atom. The third-order valence-electron chi connectivity index (χ3n) is 5.53. The fraction of sp³-hybridized carbons (Fsp3) is 0.524. The SMILES string of the molecule is COc1ccc(CC(=O)N2CCN(Cc3nc4c(s3)CCC4)CC2)cc1OC. The lowest BCUT2D eigenvalue weighted by atomic mass is 10.1. The van der Waals surface area contributed by atoms with Crippen LogP contribution in [-0.2, 0) is 30.6 Å². The summed E-state index contributed by atoms with van der Waals surface area (Å²) in [6, 6.07) is 5.66. The summed E-state index contributed by atoms with van der Waals surface area (Å²) in [5.74, 6) is 1.51. The summed E-state index contributed by atoms with van der Waals surface area (Å²) >= 11 is 1.88. The Labute approximate surface area is 170 Å². The van der Waals surface area contributed by atoms with Gasteiger partial charge in [0.2, 0.25) is 5.91 Å². The minimum Gasteiger partial charge on any atom is -0.493 e. The number of benzene rings is 1. The number of aromatic nitrogens is 1. The van der Waals surface area contributed by atoms with Crippen LogP contribution in [0.5, 0.6) is 11.5 Å². The van der Waals surface area contributed by atoms with Crippen molar-refractivity contribution in [1.82, 2.24) is 14.8 Å². The van der Waals surface area contributed by atoms with E-state index in [0.717, 1.165) is 44.7 Å². The largest absolute Gasteiger partial charge is 0.493 e. The van der Waals surface area contributed by atoms with Gasteiger partial charge in [0, 0.05) is 31.1 Å². The van der Waals surface area contributed by atoms with Crippen LogP contribution in [-0.4, -0.2) is 61.1 Å². The van der Waals surface area contributed by atoms with Crippen LogP contribution in [0.1, 0.15) is 27.6 Å². The second-order valence-corrected chi connectivity index (χ2v) is 8.52. The van der Waals surface area contributed by atoms with E-state index in [1.165, 1.54) is 28.4 Å². The molecule has 6 nitrogen and oxygen atoms in total. The van der Waals surface area contributed by atoms with E-state index in [4.69, 9.17) is 14.5 Å². The average Bonchev–Trinajstić information content (AvgIpc) is 3.30. The first-order valence-electron chi connectivity index (χ1n) is 9.84. The van der Waals surface area contributed by atoms with Crippen molar-refractivity contribution in [2.75, 3.05) is 40.4 Å². The summed E-state index contributed by atoms with van der Waals surface area (Å²) in [6.07, 6.45) is 3.99. The molecule has 0 atom stereocenters. The van der Waals surface area contributed by atoms with Crippen LogP contribution in [0.25, 0.3) is 0 Å². The van der Waals surface area contributed by atoms with Crippen molar-refractivity contribution in [3.63, 3.8) is 0 Å². The Hall–Kier alpha value is -2.12. The van der Waals surface area contributed by atoms with Crippen molar-refractivity contribution in [2.24, 2.45) is 0 Å². The van der Waals surface area contributed by atoms with E-state index in [1.807, 2.05) is 34.4 Å². The highest BCUT2D eigenvalue weighted by Crippen LogP contribution is 2.29. The van der Waals surface area contributed by atoms with Gasteiger partial charge in [0.15, 0.2) is 11.5 Å². The smallest absolute Gasteiger partial charge is 0.227 e. The van der Waals surface area contributed by atoms with Crippen LogP contribution in [0.4, 0.5) is 0 Å². The molecule has 1 aromatic carbocycles. The molecule has 1 saturated heterocycles. The van der Waals surface area contributed by atoms with Crippen molar-refractivity contribution >= 4 is 17.2 Å². The molecule has 150 valence electrons. The molecule has 0 radical (unpaired) electrons. The molecule has 1 aliphatic carbocycles. The summed E-state index contributed by atoms with van der Waals surface area (Å²) in [5.41, 5.74) is 2.27. The Morgan fingerprint density at radius 1 is 1.11 bits per heavy atom. The third-order valence-corrected chi connectivity index (χ3v) is 6.67. The van der Waals surface area contributed by atoms with Gasteiger partial charge in [-0.25, -0.2) is 4.98 Å². The van der Waals surface area contributed by atoms with Crippen LogP contribution in [0, 0.1) is 0 Å². The molecule has 0 saturated carbocycles. The molecule has 4 rings (SSSR count). The molecule has 2 aliphatic rings. The van der Waals surface area contributed by atoms with Crippen molar-refractivity contribution in [1.29, 1.82) is 0 Å². The molecule has 2 aromatic rings. The number of carbonyl (C=O) groups excluding carboxylic acids is 1. The maximum Gasteiger partial charge on any atom is 0.227 e. The fourth-order valence-corrected chi connectivity index (χ4v) is 5.13. The summed E-state index contributed by atoms with van der Waals surface area (Å²) in [7, 11) is 3.22. The van der Waals surface area contributed by atoms with E-state index < -0.39 is 0 Å². The summed E-state index contributed by atoms with van der Waals surface area (Å²) in [4.78, 5) is 23.4. The van der Waals surface area contributed by atoms with Crippen LogP contribution in [0.2, 0.25) is 0 Å². The van der Waals surface area contributed by atoms with Crippen LogP contribution in [0.15, 0.2) is 18.2 Å². The van der Waals surface area contributed by atoms with Gasteiger partial charge in [-0.2, -0.15) is 0 Å². The molecule has 1 fully saturated rings. The van der Waals surface area contributed by atoms with Crippen LogP contribution >= 0.6 is 11.3 Å². The predicted molar refractivity (Wildman–Crippen MR) is 109 cm³/mol. The van der Waals surface area contributed by atoms with Crippen LogP contribution < -0.4 is 9.47 Å². The number of carbonyl (C=O) groups is 1. The van der Waals surface area contributed by atoms with Gasteiger partial charge in [-0.1, -0.05) is 6.07 Å². The lowest BCUT2D eigenvalue weighted by Gasteiger charge is -2.34. The summed E-state index contributed by atoms with van der Waals surface area (Å²) in [5, 5.41) is 1.23. The molecule has 1 aliphatic heterocycles. The van der Waals surface area contributed by atoms with E-state index in [1.54, 1.807) is 14.2 Å².